The number of fused-ring (bicyclic) bond motifs is 1. The lowest BCUT2D eigenvalue weighted by atomic mass is 10.3. The van der Waals surface area contributed by atoms with E-state index in [4.69, 9.17) is 0 Å². The zero-order valence-electron chi connectivity index (χ0n) is 13.4. The molecule has 3 heterocycles. The molecule has 7 nitrogen and oxygen atoms in total. The van der Waals surface area contributed by atoms with Gasteiger partial charge in [0.25, 0.3) is 5.56 Å². The van der Waals surface area contributed by atoms with Crippen LogP contribution in [0.3, 0.4) is 0 Å². The van der Waals surface area contributed by atoms with Crippen molar-refractivity contribution in [1.82, 2.24) is 29.6 Å². The first-order chi connectivity index (χ1) is 12.2. The maximum absolute atomic E-state index is 12.2. The molecule has 0 saturated heterocycles. The number of hydrogen-bond donors (Lipinski definition) is 0. The van der Waals surface area contributed by atoms with Crippen molar-refractivity contribution in [3.05, 3.63) is 76.3 Å². The Morgan fingerprint density at radius 3 is 2.80 bits per heavy atom. The van der Waals surface area contributed by atoms with Crippen molar-refractivity contribution < 1.29 is 0 Å². The average Bonchev–Trinajstić information content (AvgIpc) is 3.09. The van der Waals surface area contributed by atoms with E-state index in [-0.39, 0.29) is 5.56 Å². The van der Waals surface area contributed by atoms with Crippen LogP contribution in [0.15, 0.2) is 64.7 Å². The smallest absolute Gasteiger partial charge is 0.258 e. The minimum absolute atomic E-state index is 0.0942. The fraction of sp³-hybridized carbons (Fsp3) is 0.118. The van der Waals surface area contributed by atoms with Crippen LogP contribution in [-0.4, -0.2) is 29.6 Å². The maximum atomic E-state index is 12.2. The quantitative estimate of drug-likeness (QED) is 0.526. The van der Waals surface area contributed by atoms with Crippen LogP contribution >= 0.6 is 11.8 Å². The number of aromatic nitrogens is 6. The van der Waals surface area contributed by atoms with Gasteiger partial charge in [-0.15, -0.1) is 5.10 Å². The molecule has 0 spiro atoms. The Morgan fingerprint density at radius 1 is 1.12 bits per heavy atom. The third-order valence-corrected chi connectivity index (χ3v) is 4.62. The topological polar surface area (TPSA) is 78.0 Å². The molecule has 8 heteroatoms. The second-order valence-corrected chi connectivity index (χ2v) is 6.46. The van der Waals surface area contributed by atoms with Crippen molar-refractivity contribution in [3.63, 3.8) is 0 Å². The lowest BCUT2D eigenvalue weighted by Crippen LogP contribution is -2.15. The SMILES string of the molecule is Cc1ccn2c(=O)cc(CSc3nnnn3-c3ccccc3)nc2c1. The number of hydrogen-bond acceptors (Lipinski definition) is 6. The standard InChI is InChI=1S/C17H14N6OS/c1-12-7-8-22-15(9-12)18-13(10-16(22)24)11-25-17-19-20-21-23(17)14-5-3-2-4-6-14/h2-10H,11H2,1H3. The Labute approximate surface area is 147 Å². The minimum atomic E-state index is -0.0942. The largest absolute Gasteiger partial charge is 0.269 e. The highest BCUT2D eigenvalue weighted by atomic mass is 32.2. The van der Waals surface area contributed by atoms with E-state index in [9.17, 15) is 4.79 Å². The molecular formula is C17H14N6OS. The lowest BCUT2D eigenvalue weighted by molar-refractivity contribution is 0.756. The number of aryl methyl sites for hydroxylation is 1. The Morgan fingerprint density at radius 2 is 1.96 bits per heavy atom. The molecule has 0 aliphatic carbocycles. The van der Waals surface area contributed by atoms with Gasteiger partial charge in [0.2, 0.25) is 5.16 Å². The Balaban J connectivity index is 1.62. The number of rotatable bonds is 4. The van der Waals surface area contributed by atoms with E-state index in [0.29, 0.717) is 22.3 Å². The van der Waals surface area contributed by atoms with Gasteiger partial charge >= 0.3 is 0 Å². The molecule has 0 radical (unpaired) electrons. The van der Waals surface area contributed by atoms with Gasteiger partial charge < -0.3 is 0 Å². The molecule has 0 atom stereocenters. The molecular weight excluding hydrogens is 336 g/mol. The zero-order valence-corrected chi connectivity index (χ0v) is 14.2. The van der Waals surface area contributed by atoms with Crippen LogP contribution in [0.1, 0.15) is 11.3 Å². The molecule has 4 rings (SSSR count). The predicted octanol–water partition coefficient (Wildman–Crippen LogP) is 2.27. The van der Waals surface area contributed by atoms with Crippen molar-refractivity contribution in [1.29, 1.82) is 0 Å². The van der Waals surface area contributed by atoms with Gasteiger partial charge in [-0.3, -0.25) is 9.20 Å². The molecule has 0 amide bonds. The van der Waals surface area contributed by atoms with Gasteiger partial charge in [0.1, 0.15) is 5.65 Å². The Hall–Kier alpha value is -3.00. The van der Waals surface area contributed by atoms with E-state index < -0.39 is 0 Å². The van der Waals surface area contributed by atoms with E-state index in [1.807, 2.05) is 49.4 Å². The first-order valence-electron chi connectivity index (χ1n) is 7.66. The molecule has 0 saturated carbocycles. The lowest BCUT2D eigenvalue weighted by Gasteiger charge is -2.05. The van der Waals surface area contributed by atoms with Gasteiger partial charge in [-0.1, -0.05) is 30.0 Å². The normalized spacial score (nSPS) is 11.1. The van der Waals surface area contributed by atoms with Crippen molar-refractivity contribution in [2.45, 2.75) is 17.8 Å². The zero-order chi connectivity index (χ0) is 17.2. The molecule has 1 aromatic carbocycles. The van der Waals surface area contributed by atoms with Crippen LogP contribution in [0.2, 0.25) is 0 Å². The second-order valence-electron chi connectivity index (χ2n) is 5.52. The Bertz CT molecular complexity index is 1090. The van der Waals surface area contributed by atoms with Gasteiger partial charge in [0.15, 0.2) is 0 Å². The fourth-order valence-electron chi connectivity index (χ4n) is 2.47. The summed E-state index contributed by atoms with van der Waals surface area (Å²) >= 11 is 1.44. The fourth-order valence-corrected chi connectivity index (χ4v) is 3.25. The van der Waals surface area contributed by atoms with Gasteiger partial charge in [0, 0.05) is 18.0 Å². The summed E-state index contributed by atoms with van der Waals surface area (Å²) in [7, 11) is 0. The number of benzene rings is 1. The number of pyridine rings is 1. The van der Waals surface area contributed by atoms with Crippen LogP contribution in [0.4, 0.5) is 0 Å². The molecule has 0 aliphatic rings. The molecule has 0 unspecified atom stereocenters. The van der Waals surface area contributed by atoms with E-state index in [2.05, 4.69) is 20.5 Å². The van der Waals surface area contributed by atoms with Crippen molar-refractivity contribution in [2.75, 3.05) is 0 Å². The molecule has 0 fully saturated rings. The average molecular weight is 350 g/mol. The monoisotopic (exact) mass is 350 g/mol. The summed E-state index contributed by atoms with van der Waals surface area (Å²) in [6.07, 6.45) is 1.74. The Kier molecular flexibility index (Phi) is 4.02. The summed E-state index contributed by atoms with van der Waals surface area (Å²) in [6, 6.07) is 15.0. The first-order valence-corrected chi connectivity index (χ1v) is 8.65. The van der Waals surface area contributed by atoms with Crippen molar-refractivity contribution in [3.8, 4) is 5.69 Å². The summed E-state index contributed by atoms with van der Waals surface area (Å²) in [4.78, 5) is 16.8. The first kappa shape index (κ1) is 15.5. The van der Waals surface area contributed by atoms with E-state index in [0.717, 1.165) is 11.3 Å². The summed E-state index contributed by atoms with van der Waals surface area (Å²) in [5, 5.41) is 12.5. The molecule has 3 aromatic heterocycles. The summed E-state index contributed by atoms with van der Waals surface area (Å²) < 4.78 is 3.21. The number of tetrazole rings is 1. The highest BCUT2D eigenvalue weighted by molar-refractivity contribution is 7.98. The van der Waals surface area contributed by atoms with Crippen LogP contribution in [0.5, 0.6) is 0 Å². The summed E-state index contributed by atoms with van der Waals surface area (Å²) in [6.45, 7) is 1.97. The number of para-hydroxylation sites is 1. The summed E-state index contributed by atoms with van der Waals surface area (Å²) in [5.41, 5.74) is 3.19. The summed E-state index contributed by atoms with van der Waals surface area (Å²) in [5.74, 6) is 0.507. The van der Waals surface area contributed by atoms with Crippen LogP contribution < -0.4 is 5.56 Å². The predicted molar refractivity (Wildman–Crippen MR) is 94.9 cm³/mol. The third kappa shape index (κ3) is 3.16. The van der Waals surface area contributed by atoms with E-state index in [1.165, 1.54) is 16.2 Å². The number of nitrogens with zero attached hydrogens (tertiary/aromatic N) is 6. The van der Waals surface area contributed by atoms with Crippen LogP contribution in [-0.2, 0) is 5.75 Å². The van der Waals surface area contributed by atoms with Gasteiger partial charge in [-0.05, 0) is 47.2 Å². The van der Waals surface area contributed by atoms with E-state index in [1.54, 1.807) is 16.9 Å². The van der Waals surface area contributed by atoms with Crippen molar-refractivity contribution >= 4 is 17.4 Å². The van der Waals surface area contributed by atoms with Crippen LogP contribution in [0.25, 0.3) is 11.3 Å². The van der Waals surface area contributed by atoms with Gasteiger partial charge in [0.05, 0.1) is 11.4 Å². The third-order valence-electron chi connectivity index (χ3n) is 3.67. The number of thioether (sulfide) groups is 1. The second kappa shape index (κ2) is 6.48. The van der Waals surface area contributed by atoms with Crippen molar-refractivity contribution in [2.24, 2.45) is 0 Å². The molecule has 0 N–H and O–H groups in total. The molecule has 25 heavy (non-hydrogen) atoms. The van der Waals surface area contributed by atoms with E-state index >= 15 is 0 Å². The molecule has 0 bridgehead atoms. The molecule has 4 aromatic rings. The van der Waals surface area contributed by atoms with Gasteiger partial charge in [-0.25, -0.2) is 4.98 Å². The molecule has 124 valence electrons. The maximum Gasteiger partial charge on any atom is 0.258 e. The highest BCUT2D eigenvalue weighted by Crippen LogP contribution is 2.21. The van der Waals surface area contributed by atoms with Gasteiger partial charge in [-0.2, -0.15) is 4.68 Å². The molecule has 0 aliphatic heterocycles. The highest BCUT2D eigenvalue weighted by Gasteiger charge is 2.10. The minimum Gasteiger partial charge on any atom is -0.269 e. The van der Waals surface area contributed by atoms with Crippen LogP contribution in [0, 0.1) is 6.92 Å².